The summed E-state index contributed by atoms with van der Waals surface area (Å²) in [6.07, 6.45) is -3.24. The molecule has 0 aromatic heterocycles. The van der Waals surface area contributed by atoms with Crippen molar-refractivity contribution in [2.75, 3.05) is 77.2 Å². The molecule has 0 bridgehead atoms. The van der Waals surface area contributed by atoms with E-state index in [2.05, 4.69) is 48.5 Å². The van der Waals surface area contributed by atoms with Gasteiger partial charge >= 0.3 is 23.9 Å². The minimum Gasteiger partial charge on any atom is -0.469 e. The molecule has 4 aromatic carbocycles. The third-order valence-corrected chi connectivity index (χ3v) is 22.4. The quantitative estimate of drug-likeness (QED) is 0.0172. The van der Waals surface area contributed by atoms with Crippen LogP contribution in [0.4, 0.5) is 14.5 Å². The first-order valence-corrected chi connectivity index (χ1v) is 42.0. The molecule has 8 rings (SSSR count). The van der Waals surface area contributed by atoms with Crippen molar-refractivity contribution in [3.8, 4) is 11.1 Å². The van der Waals surface area contributed by atoms with Gasteiger partial charge < -0.3 is 76.0 Å². The van der Waals surface area contributed by atoms with Gasteiger partial charge in [0.15, 0.2) is 34.4 Å². The van der Waals surface area contributed by atoms with E-state index < -0.39 is 161 Å². The lowest BCUT2D eigenvalue weighted by Gasteiger charge is -2.50. The van der Waals surface area contributed by atoms with E-state index in [1.54, 1.807) is 29.2 Å². The Labute approximate surface area is 655 Å². The largest absolute Gasteiger partial charge is 0.469 e. The highest BCUT2D eigenvalue weighted by molar-refractivity contribution is 7.91. The van der Waals surface area contributed by atoms with Crippen LogP contribution in [-0.2, 0) is 105 Å². The van der Waals surface area contributed by atoms with Gasteiger partial charge in [-0.25, -0.2) is 17.2 Å². The number of amides is 1. The Morgan fingerprint density at radius 1 is 0.505 bits per heavy atom. The molecule has 18 atom stereocenters. The van der Waals surface area contributed by atoms with Crippen LogP contribution in [0.15, 0.2) is 102 Å². The molecule has 1 aliphatic carbocycles. The highest BCUT2D eigenvalue weighted by Crippen LogP contribution is 2.48. The van der Waals surface area contributed by atoms with Gasteiger partial charge in [-0.15, -0.1) is 0 Å². The number of anilines is 1. The van der Waals surface area contributed by atoms with Gasteiger partial charge in [-0.1, -0.05) is 142 Å². The zero-order valence-electron chi connectivity index (χ0n) is 66.8. The fourth-order valence-corrected chi connectivity index (χ4v) is 16.1. The van der Waals surface area contributed by atoms with Gasteiger partial charge in [0.1, 0.15) is 78.6 Å². The van der Waals surface area contributed by atoms with E-state index in [-0.39, 0.29) is 49.9 Å². The van der Waals surface area contributed by atoms with Crippen LogP contribution in [0.5, 0.6) is 0 Å². The highest BCUT2D eigenvalue weighted by atomic mass is 32.2. The molecule has 0 N–H and O–H groups in total. The van der Waals surface area contributed by atoms with E-state index >= 15 is 8.42 Å². The molecule has 1 saturated carbocycles. The molecular formula is C85H121F2NO22S. The topological polar surface area (TPSA) is 261 Å². The van der Waals surface area contributed by atoms with Crippen LogP contribution in [0.1, 0.15) is 202 Å². The SMILES string of the molecule is CCCCOCC1O[C@@H](O[C@@H]2C(COCCCC)O[C@@H](CS(=O)(=O)c3ccc(-c4ccc([C@@H]5[C@@H](CC[C@H](O[C@@H]6CC(C(=O)OC)[C@@H](OC(C)=O)C(OC(C)=O)[C@@H]6OC(C)=O)c6ccc(F)cc6)C(=O)N5c5ccc(F)cc5)cc4)cc3)[C@@H](OCCCC)C2OCCCC)[C@@H](OCCCC)C(OCCCC)[C@@H]1OCCCC. The first kappa shape index (κ1) is 90.1. The van der Waals surface area contributed by atoms with Crippen molar-refractivity contribution in [3.63, 3.8) is 0 Å². The molecule has 3 aliphatic heterocycles. The number of benzene rings is 4. The van der Waals surface area contributed by atoms with Crippen LogP contribution in [-0.4, -0.2) is 196 Å². The van der Waals surface area contributed by atoms with E-state index in [0.717, 1.165) is 110 Å². The van der Waals surface area contributed by atoms with Crippen LogP contribution in [0.25, 0.3) is 11.1 Å². The van der Waals surface area contributed by atoms with E-state index in [0.29, 0.717) is 74.9 Å². The van der Waals surface area contributed by atoms with Crippen molar-refractivity contribution in [1.82, 2.24) is 0 Å². The van der Waals surface area contributed by atoms with Crippen molar-refractivity contribution in [2.45, 2.75) is 281 Å². The number of halogens is 2. The molecule has 3 heterocycles. The van der Waals surface area contributed by atoms with Crippen LogP contribution in [0.3, 0.4) is 0 Å². The van der Waals surface area contributed by atoms with E-state index in [1.165, 1.54) is 48.5 Å². The summed E-state index contributed by atoms with van der Waals surface area (Å²) in [5, 5.41) is 0. The summed E-state index contributed by atoms with van der Waals surface area (Å²) in [6.45, 7) is 21.2. The number of nitrogens with zero attached hydrogens (tertiary/aromatic N) is 1. The van der Waals surface area contributed by atoms with E-state index in [4.69, 9.17) is 71.1 Å². The Balaban J connectivity index is 1.08. The average Bonchev–Trinajstić information content (AvgIpc) is 0.740. The summed E-state index contributed by atoms with van der Waals surface area (Å²) < 4.78 is 157. The highest BCUT2D eigenvalue weighted by Gasteiger charge is 2.57. The number of rotatable bonds is 48. The van der Waals surface area contributed by atoms with Gasteiger partial charge in [-0.05, 0) is 135 Å². The summed E-state index contributed by atoms with van der Waals surface area (Å²) in [4.78, 5) is 67.9. The van der Waals surface area contributed by atoms with Crippen LogP contribution in [0.2, 0.25) is 0 Å². The number of hydrogen-bond acceptors (Lipinski definition) is 22. The third kappa shape index (κ3) is 25.5. The van der Waals surface area contributed by atoms with Gasteiger partial charge in [-0.2, -0.15) is 0 Å². The van der Waals surface area contributed by atoms with Crippen molar-refractivity contribution >= 4 is 45.3 Å². The number of unbranched alkanes of at least 4 members (excludes halogenated alkanes) is 7. The zero-order chi connectivity index (χ0) is 80.0. The second-order valence-electron chi connectivity index (χ2n) is 29.2. The molecule has 4 aromatic rings. The van der Waals surface area contributed by atoms with Gasteiger partial charge in [-0.3, -0.25) is 24.0 Å². The normalized spacial score (nSPS) is 26.4. The van der Waals surface area contributed by atoms with E-state index in [9.17, 15) is 32.8 Å². The van der Waals surface area contributed by atoms with Gasteiger partial charge in [0, 0.05) is 72.7 Å². The van der Waals surface area contributed by atoms with Gasteiger partial charge in [0.05, 0.1) is 49.0 Å². The number of carbonyl (C=O) groups excluding carboxylic acids is 5. The van der Waals surface area contributed by atoms with Crippen LogP contribution in [0, 0.1) is 23.5 Å². The Hall–Kier alpha value is -6.40. The molecule has 3 saturated heterocycles. The Morgan fingerprint density at radius 2 is 0.946 bits per heavy atom. The smallest absolute Gasteiger partial charge is 0.312 e. The summed E-state index contributed by atoms with van der Waals surface area (Å²) in [6, 6.07) is 24.5. The van der Waals surface area contributed by atoms with E-state index in [1.807, 2.05) is 24.3 Å². The Bertz CT molecular complexity index is 3560. The predicted octanol–water partition coefficient (Wildman–Crippen LogP) is 14.4. The molecular weight excluding hydrogens is 1460 g/mol. The molecule has 6 unspecified atom stereocenters. The minimum absolute atomic E-state index is 0.0437. The molecule has 618 valence electrons. The molecule has 0 spiro atoms. The lowest BCUT2D eigenvalue weighted by Crippen LogP contribution is -2.67. The molecule has 1 amide bonds. The summed E-state index contributed by atoms with van der Waals surface area (Å²) in [7, 11) is -3.02. The number of methoxy groups -OCH3 is 1. The lowest BCUT2D eigenvalue weighted by atomic mass is 9.77. The maximum atomic E-state index is 15.2. The third-order valence-electron chi connectivity index (χ3n) is 20.6. The zero-order valence-corrected chi connectivity index (χ0v) is 67.6. The molecule has 0 radical (unpaired) electrons. The standard InChI is InChI=1S/C85H121F2NO22S/c1-12-19-44-97-52-70-75(99-46-21-14-3)80(102-49-24-17-6)82(103-50-25-18-7)85(109-70)110-78-71(53-98-45-20-13-2)108-72(76(100-47-22-15-4)79(78)101-48-23-16-5)54-111(94,95)65-40-32-59(33-41-65)58-26-28-61(29-27-58)73-66(83(92)88(73)64-38-36-63(87)37-39-64)42-43-68(60-30-34-62(86)35-31-60)107-69-51-67(84(93)96-11)74(104-55(8)89)81(106-57(10)91)77(69)105-56(9)90/h26-41,66-82,85H,12-25,42-54H2,1-11H3/t66-,67?,68+,69-,70?,71?,72+,73-,74-,75-,76-,77-,78-,79?,80?,81?,82+,85+/m1/s1. The summed E-state index contributed by atoms with van der Waals surface area (Å²) in [5.74, 6) is -7.10. The number of hydrogen-bond donors (Lipinski definition) is 0. The molecule has 23 nitrogen and oxygen atoms in total. The monoisotopic (exact) mass is 1580 g/mol. The molecule has 4 fully saturated rings. The Morgan fingerprint density at radius 3 is 1.45 bits per heavy atom. The predicted molar refractivity (Wildman–Crippen MR) is 411 cm³/mol. The minimum atomic E-state index is -4.16. The fraction of sp³-hybridized carbons (Fsp3) is 0.659. The second-order valence-corrected chi connectivity index (χ2v) is 31.2. The average molecular weight is 1580 g/mol. The number of carbonyl (C=O) groups is 5. The fourth-order valence-electron chi connectivity index (χ4n) is 14.7. The molecule has 111 heavy (non-hydrogen) atoms. The van der Waals surface area contributed by atoms with Gasteiger partial charge in [0.25, 0.3) is 0 Å². The maximum Gasteiger partial charge on any atom is 0.312 e. The molecule has 4 aliphatic rings. The van der Waals surface area contributed by atoms with Crippen LogP contribution < -0.4 is 4.90 Å². The summed E-state index contributed by atoms with van der Waals surface area (Å²) in [5.41, 5.74) is 3.01. The van der Waals surface area contributed by atoms with Crippen molar-refractivity contribution < 1.29 is 112 Å². The number of esters is 4. The van der Waals surface area contributed by atoms with Crippen molar-refractivity contribution in [3.05, 3.63) is 120 Å². The van der Waals surface area contributed by atoms with Crippen molar-refractivity contribution in [2.24, 2.45) is 11.8 Å². The second kappa shape index (κ2) is 46.2. The number of sulfone groups is 1. The number of β-lactam (4-membered cyclic amide) rings is 1. The molecule has 26 heteroatoms. The van der Waals surface area contributed by atoms with Gasteiger partial charge in [0.2, 0.25) is 5.91 Å². The first-order valence-electron chi connectivity index (χ1n) is 40.4. The first-order chi connectivity index (χ1) is 53.6. The Kier molecular flexibility index (Phi) is 37.5. The lowest BCUT2D eigenvalue weighted by molar-refractivity contribution is -0.358. The van der Waals surface area contributed by atoms with Crippen molar-refractivity contribution in [1.29, 1.82) is 0 Å². The maximum absolute atomic E-state index is 15.2. The van der Waals surface area contributed by atoms with Crippen LogP contribution >= 0.6 is 0 Å². The number of ether oxygens (including phenoxy) is 15. The summed E-state index contributed by atoms with van der Waals surface area (Å²) >= 11 is 0.